The maximum absolute atomic E-state index is 11.8. The zero-order chi connectivity index (χ0) is 13.4. The van der Waals surface area contributed by atoms with Gasteiger partial charge in [-0.1, -0.05) is 0 Å². The number of hydrogen-bond acceptors (Lipinski definition) is 5. The minimum absolute atomic E-state index is 0.173. The molecule has 0 saturated heterocycles. The molecule has 1 aromatic heterocycles. The van der Waals surface area contributed by atoms with Gasteiger partial charge in [0.2, 0.25) is 5.91 Å². The Bertz CT molecular complexity index is 382. The Labute approximate surface area is 112 Å². The molecule has 6 heteroatoms. The van der Waals surface area contributed by atoms with Crippen LogP contribution in [0, 0.1) is 0 Å². The predicted molar refractivity (Wildman–Crippen MR) is 74.8 cm³/mol. The molecule has 5 nitrogen and oxygen atoms in total. The highest BCUT2D eigenvalue weighted by Crippen LogP contribution is 2.13. The van der Waals surface area contributed by atoms with Gasteiger partial charge in [-0.25, -0.2) is 9.97 Å². The lowest BCUT2D eigenvalue weighted by atomic mass is 10.3. The first-order chi connectivity index (χ1) is 8.71. The molecule has 1 rings (SSSR count). The second-order valence-corrected chi connectivity index (χ2v) is 4.51. The number of amides is 1. The van der Waals surface area contributed by atoms with Crippen molar-refractivity contribution in [2.24, 2.45) is 0 Å². The van der Waals surface area contributed by atoms with Crippen LogP contribution in [-0.4, -0.2) is 46.7 Å². The molecular weight excluding hydrogens is 248 g/mol. The number of hydrogen-bond donors (Lipinski definition) is 1. The van der Waals surface area contributed by atoms with E-state index in [-0.39, 0.29) is 5.91 Å². The fourth-order valence-corrected chi connectivity index (χ4v) is 1.96. The van der Waals surface area contributed by atoms with E-state index in [2.05, 4.69) is 15.3 Å². The second kappa shape index (κ2) is 7.92. The number of thioether (sulfide) groups is 1. The van der Waals surface area contributed by atoms with Crippen LogP contribution < -0.4 is 5.32 Å². The van der Waals surface area contributed by atoms with E-state index >= 15 is 0 Å². The van der Waals surface area contributed by atoms with Crippen molar-refractivity contribution < 1.29 is 4.79 Å². The molecule has 0 aromatic carbocycles. The summed E-state index contributed by atoms with van der Waals surface area (Å²) in [7, 11) is 0. The summed E-state index contributed by atoms with van der Waals surface area (Å²) in [5, 5.41) is 4.06. The standard InChI is InChI=1S/C12H20N4OS/c1-4-16(5-2)12(17)6-7-13-10-8-11(18-3)15-9-14-10/h8-9H,4-7H2,1-3H3,(H,13,14,15). The highest BCUT2D eigenvalue weighted by molar-refractivity contribution is 7.98. The molecule has 100 valence electrons. The van der Waals surface area contributed by atoms with Gasteiger partial charge in [-0.05, 0) is 20.1 Å². The predicted octanol–water partition coefficient (Wildman–Crippen LogP) is 1.87. The van der Waals surface area contributed by atoms with Crippen LogP contribution in [-0.2, 0) is 4.79 Å². The maximum atomic E-state index is 11.8. The Hall–Kier alpha value is -1.30. The summed E-state index contributed by atoms with van der Waals surface area (Å²) >= 11 is 1.57. The second-order valence-electron chi connectivity index (χ2n) is 3.69. The Balaban J connectivity index is 2.39. The van der Waals surface area contributed by atoms with Gasteiger partial charge in [-0.2, -0.15) is 0 Å². The minimum Gasteiger partial charge on any atom is -0.369 e. The summed E-state index contributed by atoms with van der Waals surface area (Å²) in [5.74, 6) is 0.938. The van der Waals surface area contributed by atoms with E-state index in [9.17, 15) is 4.79 Å². The third kappa shape index (κ3) is 4.52. The monoisotopic (exact) mass is 268 g/mol. The van der Waals surface area contributed by atoms with Gasteiger partial charge >= 0.3 is 0 Å². The number of carbonyl (C=O) groups excluding carboxylic acids is 1. The summed E-state index contributed by atoms with van der Waals surface area (Å²) in [4.78, 5) is 21.8. The van der Waals surface area contributed by atoms with Crippen LogP contribution in [0.3, 0.4) is 0 Å². The fraction of sp³-hybridized carbons (Fsp3) is 0.583. The van der Waals surface area contributed by atoms with Gasteiger partial charge in [0.25, 0.3) is 0 Å². The lowest BCUT2D eigenvalue weighted by Gasteiger charge is -2.18. The number of anilines is 1. The normalized spacial score (nSPS) is 10.2. The van der Waals surface area contributed by atoms with Crippen molar-refractivity contribution in [3.63, 3.8) is 0 Å². The number of rotatable bonds is 7. The average molecular weight is 268 g/mol. The number of nitrogens with zero attached hydrogens (tertiary/aromatic N) is 3. The number of aromatic nitrogens is 2. The molecule has 0 bridgehead atoms. The molecular formula is C12H20N4OS. The first-order valence-electron chi connectivity index (χ1n) is 6.08. The van der Waals surface area contributed by atoms with Gasteiger partial charge in [-0.3, -0.25) is 4.79 Å². The van der Waals surface area contributed by atoms with Crippen molar-refractivity contribution in [1.82, 2.24) is 14.9 Å². The lowest BCUT2D eigenvalue weighted by molar-refractivity contribution is -0.130. The van der Waals surface area contributed by atoms with Crippen molar-refractivity contribution in [2.45, 2.75) is 25.3 Å². The molecule has 0 saturated carbocycles. The molecule has 0 spiro atoms. The largest absolute Gasteiger partial charge is 0.369 e. The van der Waals surface area contributed by atoms with Crippen LogP contribution >= 0.6 is 11.8 Å². The van der Waals surface area contributed by atoms with Gasteiger partial charge in [0.05, 0.1) is 0 Å². The molecule has 0 fully saturated rings. The molecule has 0 radical (unpaired) electrons. The van der Waals surface area contributed by atoms with Crippen LogP contribution in [0.25, 0.3) is 0 Å². The van der Waals surface area contributed by atoms with Gasteiger partial charge in [-0.15, -0.1) is 11.8 Å². The lowest BCUT2D eigenvalue weighted by Crippen LogP contribution is -2.31. The van der Waals surface area contributed by atoms with E-state index in [1.165, 1.54) is 6.33 Å². The fourth-order valence-electron chi connectivity index (χ4n) is 1.58. The third-order valence-electron chi connectivity index (χ3n) is 2.61. The van der Waals surface area contributed by atoms with E-state index in [0.29, 0.717) is 13.0 Å². The number of nitrogens with one attached hydrogen (secondary N) is 1. The molecule has 1 aromatic rings. The highest BCUT2D eigenvalue weighted by atomic mass is 32.2. The Morgan fingerprint density at radius 2 is 2.11 bits per heavy atom. The number of carbonyl (C=O) groups is 1. The van der Waals surface area contributed by atoms with Gasteiger partial charge in [0.15, 0.2) is 0 Å². The topological polar surface area (TPSA) is 58.1 Å². The zero-order valence-electron chi connectivity index (χ0n) is 11.1. The van der Waals surface area contributed by atoms with Crippen LogP contribution in [0.4, 0.5) is 5.82 Å². The Morgan fingerprint density at radius 3 is 2.72 bits per heavy atom. The first kappa shape index (κ1) is 14.8. The Morgan fingerprint density at radius 1 is 1.39 bits per heavy atom. The van der Waals surface area contributed by atoms with Crippen LogP contribution in [0.1, 0.15) is 20.3 Å². The summed E-state index contributed by atoms with van der Waals surface area (Å²) in [5.41, 5.74) is 0. The van der Waals surface area contributed by atoms with Crippen molar-refractivity contribution in [2.75, 3.05) is 31.2 Å². The van der Waals surface area contributed by atoms with Crippen LogP contribution in [0.15, 0.2) is 17.4 Å². The third-order valence-corrected chi connectivity index (χ3v) is 3.25. The van der Waals surface area contributed by atoms with Crippen molar-refractivity contribution in [3.05, 3.63) is 12.4 Å². The molecule has 0 aliphatic rings. The van der Waals surface area contributed by atoms with Crippen LogP contribution in [0.5, 0.6) is 0 Å². The smallest absolute Gasteiger partial charge is 0.224 e. The molecule has 0 aliphatic carbocycles. The molecule has 0 unspecified atom stereocenters. The molecule has 0 atom stereocenters. The molecule has 0 aliphatic heterocycles. The van der Waals surface area contributed by atoms with Gasteiger partial charge < -0.3 is 10.2 Å². The summed E-state index contributed by atoms with van der Waals surface area (Å²) < 4.78 is 0. The van der Waals surface area contributed by atoms with E-state index < -0.39 is 0 Å². The molecule has 1 N–H and O–H groups in total. The average Bonchev–Trinajstić information content (AvgIpc) is 2.40. The zero-order valence-corrected chi connectivity index (χ0v) is 12.0. The van der Waals surface area contributed by atoms with Gasteiger partial charge in [0, 0.05) is 32.1 Å². The first-order valence-corrected chi connectivity index (χ1v) is 7.31. The van der Waals surface area contributed by atoms with Gasteiger partial charge in [0.1, 0.15) is 17.2 Å². The minimum atomic E-state index is 0.173. The maximum Gasteiger partial charge on any atom is 0.224 e. The molecule has 18 heavy (non-hydrogen) atoms. The Kier molecular flexibility index (Phi) is 6.49. The summed E-state index contributed by atoms with van der Waals surface area (Å²) in [6.07, 6.45) is 3.98. The summed E-state index contributed by atoms with van der Waals surface area (Å²) in [6.45, 7) is 6.10. The summed E-state index contributed by atoms with van der Waals surface area (Å²) in [6, 6.07) is 1.88. The SMILES string of the molecule is CCN(CC)C(=O)CCNc1cc(SC)ncn1. The highest BCUT2D eigenvalue weighted by Gasteiger charge is 2.08. The van der Waals surface area contributed by atoms with E-state index in [1.54, 1.807) is 11.8 Å². The van der Waals surface area contributed by atoms with Crippen molar-refractivity contribution in [1.29, 1.82) is 0 Å². The van der Waals surface area contributed by atoms with E-state index in [0.717, 1.165) is 23.9 Å². The molecule has 1 heterocycles. The van der Waals surface area contributed by atoms with Crippen LogP contribution in [0.2, 0.25) is 0 Å². The van der Waals surface area contributed by atoms with E-state index in [1.807, 2.05) is 31.1 Å². The van der Waals surface area contributed by atoms with Crippen molar-refractivity contribution in [3.8, 4) is 0 Å². The van der Waals surface area contributed by atoms with E-state index in [4.69, 9.17) is 0 Å². The molecule has 1 amide bonds. The van der Waals surface area contributed by atoms with Crippen molar-refractivity contribution >= 4 is 23.5 Å². The quantitative estimate of drug-likeness (QED) is 0.604.